The second-order valence-corrected chi connectivity index (χ2v) is 6.58. The maximum absolute atomic E-state index is 11.5. The number of hydrogen-bond donors (Lipinski definition) is 1. The number of carbonyl (C=O) groups excluding carboxylic acids is 1. The van der Waals surface area contributed by atoms with Gasteiger partial charge in [0.1, 0.15) is 16.3 Å². The number of ether oxygens (including phenoxy) is 2. The normalized spacial score (nSPS) is 11.1. The van der Waals surface area contributed by atoms with E-state index in [1.54, 1.807) is 0 Å². The molecule has 0 saturated carbocycles. The zero-order valence-electron chi connectivity index (χ0n) is 14.3. The van der Waals surface area contributed by atoms with Crippen LogP contribution in [0, 0.1) is 10.1 Å². The van der Waals surface area contributed by atoms with Gasteiger partial charge in [0.05, 0.1) is 27.1 Å². The molecule has 12 heteroatoms. The number of carbonyl (C=O) groups is 1. The Morgan fingerprint density at radius 1 is 1.14 bits per heavy atom. The van der Waals surface area contributed by atoms with Gasteiger partial charge >= 0.3 is 6.03 Å². The molecule has 2 amide bonds. The van der Waals surface area contributed by atoms with Crippen molar-refractivity contribution in [3.05, 3.63) is 60.0 Å². The zero-order chi connectivity index (χ0) is 21.0. The van der Waals surface area contributed by atoms with Gasteiger partial charge in [0, 0.05) is 19.2 Å². The van der Waals surface area contributed by atoms with Crippen molar-refractivity contribution in [2.45, 2.75) is 0 Å². The number of nitrogens with one attached hydrogen (secondary N) is 1. The number of nitrogens with zero attached hydrogens (tertiary/aromatic N) is 2. The number of methoxy groups -OCH3 is 1. The minimum absolute atomic E-state index is 0.000238. The van der Waals surface area contributed by atoms with Crippen LogP contribution in [-0.2, 0) is 4.74 Å². The molecule has 8 nitrogen and oxygen atoms in total. The van der Waals surface area contributed by atoms with E-state index in [2.05, 4.69) is 10.3 Å². The van der Waals surface area contributed by atoms with E-state index < -0.39 is 11.0 Å². The van der Waals surface area contributed by atoms with E-state index in [0.29, 0.717) is 0 Å². The predicted octanol–water partition coefficient (Wildman–Crippen LogP) is 5.73. The number of hydrogen-bond acceptors (Lipinski definition) is 5. The predicted molar refractivity (Wildman–Crippen MR) is 108 cm³/mol. The molecule has 2 aromatic carbocycles. The van der Waals surface area contributed by atoms with Crippen molar-refractivity contribution in [1.82, 2.24) is 5.32 Å². The minimum Gasteiger partial charge on any atom is -0.480 e. The summed E-state index contributed by atoms with van der Waals surface area (Å²) in [6.45, 7) is 0. The summed E-state index contributed by atoms with van der Waals surface area (Å²) in [5.41, 5.74) is -0.455. The van der Waals surface area contributed by atoms with E-state index in [1.165, 1.54) is 32.4 Å². The Labute approximate surface area is 179 Å². The number of rotatable bonds is 4. The van der Waals surface area contributed by atoms with Gasteiger partial charge in [0.25, 0.3) is 5.69 Å². The summed E-state index contributed by atoms with van der Waals surface area (Å²) in [5, 5.41) is 13.8. The fourth-order valence-corrected chi connectivity index (χ4v) is 3.01. The summed E-state index contributed by atoms with van der Waals surface area (Å²) < 4.78 is 10.7. The summed E-state index contributed by atoms with van der Waals surface area (Å²) in [7, 11) is 2.56. The molecule has 0 spiro atoms. The van der Waals surface area contributed by atoms with Gasteiger partial charge in [-0.3, -0.25) is 10.1 Å². The maximum Gasteiger partial charge on any atom is 0.343 e. The minimum atomic E-state index is -0.756. The van der Waals surface area contributed by atoms with Gasteiger partial charge in [0.2, 0.25) is 5.90 Å². The van der Waals surface area contributed by atoms with Gasteiger partial charge in [-0.15, -0.1) is 0 Å². The molecular weight excluding hydrogens is 456 g/mol. The number of urea groups is 1. The Hall–Kier alpha value is -2.26. The van der Waals surface area contributed by atoms with Gasteiger partial charge in [-0.2, -0.15) is 4.99 Å². The highest BCUT2D eigenvalue weighted by atomic mass is 35.5. The van der Waals surface area contributed by atoms with Crippen LogP contribution >= 0.6 is 46.4 Å². The number of nitro benzene ring substituents is 1. The van der Waals surface area contributed by atoms with E-state index in [9.17, 15) is 14.9 Å². The van der Waals surface area contributed by atoms with Crippen molar-refractivity contribution < 1.29 is 19.2 Å². The first-order chi connectivity index (χ1) is 13.2. The van der Waals surface area contributed by atoms with Gasteiger partial charge in [0.15, 0.2) is 5.75 Å². The summed E-state index contributed by atoms with van der Waals surface area (Å²) in [5.74, 6) is -0.188. The third-order valence-corrected chi connectivity index (χ3v) is 4.82. The molecule has 0 fully saturated rings. The highest BCUT2D eigenvalue weighted by Crippen LogP contribution is 2.44. The molecule has 28 heavy (non-hydrogen) atoms. The summed E-state index contributed by atoms with van der Waals surface area (Å²) >= 11 is 24.1. The Morgan fingerprint density at radius 3 is 2.39 bits per heavy atom. The van der Waals surface area contributed by atoms with Crippen LogP contribution in [0.4, 0.5) is 10.5 Å². The van der Waals surface area contributed by atoms with Gasteiger partial charge in [-0.25, -0.2) is 4.79 Å². The summed E-state index contributed by atoms with van der Waals surface area (Å²) in [6.07, 6.45) is 0. The van der Waals surface area contributed by atoms with Crippen molar-refractivity contribution in [2.24, 2.45) is 4.99 Å². The van der Waals surface area contributed by atoms with Crippen LogP contribution < -0.4 is 10.1 Å². The molecule has 0 radical (unpaired) electrons. The molecule has 1 N–H and O–H groups in total. The topological polar surface area (TPSA) is 103 Å². The van der Waals surface area contributed by atoms with Crippen LogP contribution in [0.25, 0.3) is 0 Å². The summed E-state index contributed by atoms with van der Waals surface area (Å²) in [6, 6.07) is 4.30. The fourth-order valence-electron chi connectivity index (χ4n) is 2.03. The molecule has 0 atom stereocenters. The van der Waals surface area contributed by atoms with Crippen molar-refractivity contribution in [1.29, 1.82) is 0 Å². The number of benzene rings is 2. The molecule has 148 valence electrons. The molecule has 0 aromatic heterocycles. The average molecular weight is 467 g/mol. The Morgan fingerprint density at radius 2 is 1.82 bits per heavy atom. The lowest BCUT2D eigenvalue weighted by Gasteiger charge is -2.13. The zero-order valence-corrected chi connectivity index (χ0v) is 17.3. The Bertz CT molecular complexity index is 981. The molecule has 0 unspecified atom stereocenters. The molecule has 0 saturated heterocycles. The van der Waals surface area contributed by atoms with Crippen LogP contribution in [0.2, 0.25) is 20.1 Å². The molecule has 0 aliphatic heterocycles. The quantitative estimate of drug-likeness (QED) is 0.155. The van der Waals surface area contributed by atoms with Gasteiger partial charge in [-0.1, -0.05) is 46.4 Å². The molecular formula is C16H11Cl4N3O5. The summed E-state index contributed by atoms with van der Waals surface area (Å²) in [4.78, 5) is 25.8. The molecule has 2 rings (SSSR count). The van der Waals surface area contributed by atoms with Crippen molar-refractivity contribution in [3.8, 4) is 11.5 Å². The highest BCUT2D eigenvalue weighted by molar-refractivity contribution is 6.50. The number of nitro groups is 1. The lowest BCUT2D eigenvalue weighted by molar-refractivity contribution is -0.385. The van der Waals surface area contributed by atoms with Crippen LogP contribution in [0.1, 0.15) is 5.56 Å². The highest BCUT2D eigenvalue weighted by Gasteiger charge is 2.23. The van der Waals surface area contributed by atoms with Gasteiger partial charge < -0.3 is 14.8 Å². The molecule has 0 bridgehead atoms. The van der Waals surface area contributed by atoms with Crippen molar-refractivity contribution in [3.63, 3.8) is 0 Å². The molecule has 0 aliphatic rings. The van der Waals surface area contributed by atoms with E-state index >= 15 is 0 Å². The monoisotopic (exact) mass is 465 g/mol. The van der Waals surface area contributed by atoms with E-state index in [-0.39, 0.29) is 48.7 Å². The van der Waals surface area contributed by atoms with E-state index in [0.717, 1.165) is 6.07 Å². The fraction of sp³-hybridized carbons (Fsp3) is 0.125. The van der Waals surface area contributed by atoms with Gasteiger partial charge in [-0.05, 0) is 12.1 Å². The second-order valence-electron chi connectivity index (χ2n) is 5.01. The smallest absolute Gasteiger partial charge is 0.343 e. The Balaban J connectivity index is 2.58. The lowest BCUT2D eigenvalue weighted by Crippen LogP contribution is -2.17. The standard InChI is InChI=1S/C16H11Cl4N3O5/c1-21-16(24)22-15(27-2)8-5-7(3-4-11(8)23(25)26)28-14-10(18)6-9(17)12(19)13(14)20/h3-6H,1-2H3,(H,21,24). The molecule has 0 heterocycles. The maximum atomic E-state index is 11.5. The van der Waals surface area contributed by atoms with Crippen LogP contribution in [0.15, 0.2) is 29.3 Å². The largest absolute Gasteiger partial charge is 0.480 e. The average Bonchev–Trinajstić information content (AvgIpc) is 2.67. The Kier molecular flexibility index (Phi) is 7.31. The first kappa shape index (κ1) is 22.0. The van der Waals surface area contributed by atoms with E-state index in [1.807, 2.05) is 0 Å². The van der Waals surface area contributed by atoms with Crippen LogP contribution in [-0.4, -0.2) is 31.0 Å². The number of halogens is 4. The number of amides is 2. The third kappa shape index (κ3) is 4.77. The molecule has 0 aliphatic carbocycles. The second kappa shape index (κ2) is 9.29. The van der Waals surface area contributed by atoms with Crippen molar-refractivity contribution >= 4 is 64.0 Å². The van der Waals surface area contributed by atoms with E-state index in [4.69, 9.17) is 55.9 Å². The van der Waals surface area contributed by atoms with Crippen LogP contribution in [0.5, 0.6) is 11.5 Å². The van der Waals surface area contributed by atoms with Crippen molar-refractivity contribution in [2.75, 3.05) is 14.2 Å². The lowest BCUT2D eigenvalue weighted by atomic mass is 10.1. The van der Waals surface area contributed by atoms with Crippen LogP contribution in [0.3, 0.4) is 0 Å². The third-order valence-electron chi connectivity index (χ3n) is 3.30. The molecule has 2 aromatic rings. The number of aliphatic imine (C=N–C) groups is 1. The SMILES string of the molecule is CNC(=O)N=C(OC)c1cc(Oc2c(Cl)cc(Cl)c(Cl)c2Cl)ccc1[N+](=O)[O-]. The first-order valence-electron chi connectivity index (χ1n) is 7.33. The first-order valence-corrected chi connectivity index (χ1v) is 8.84.